The van der Waals surface area contributed by atoms with Gasteiger partial charge in [-0.05, 0) is 115 Å². The largest absolute Gasteiger partial charge is 0.480 e. The fourth-order valence-electron chi connectivity index (χ4n) is 12.2. The van der Waals surface area contributed by atoms with Crippen LogP contribution in [-0.4, -0.2) is 227 Å². The van der Waals surface area contributed by atoms with Gasteiger partial charge in [-0.25, -0.2) is 18.0 Å². The molecule has 1 aliphatic heterocycles. The molecule has 6 aromatic rings. The van der Waals surface area contributed by atoms with Crippen molar-refractivity contribution >= 4 is 138 Å². The van der Waals surface area contributed by atoms with Crippen LogP contribution in [0.2, 0.25) is 20.1 Å². The summed E-state index contributed by atoms with van der Waals surface area (Å²) in [6, 6.07) is 16.2. The second kappa shape index (κ2) is 40.5. The van der Waals surface area contributed by atoms with E-state index in [1.165, 1.54) is 69.2 Å². The number of halogens is 4. The van der Waals surface area contributed by atoms with Gasteiger partial charge < -0.3 is 72.6 Å². The van der Waals surface area contributed by atoms with Crippen molar-refractivity contribution in [2.45, 2.75) is 132 Å². The second-order valence-electron chi connectivity index (χ2n) is 26.0. The molecule has 13 N–H and O–H groups in total. The molecule has 2 heterocycles. The number of benzene rings is 5. The van der Waals surface area contributed by atoms with E-state index in [0.717, 1.165) is 16.1 Å². The summed E-state index contributed by atoms with van der Waals surface area (Å²) in [5, 5.41) is 55.3. The number of carboxylic acid groups (broad SMARTS) is 1. The second-order valence-corrected chi connectivity index (χ2v) is 30.0. The molecule has 2 unspecified atom stereocenters. The molecule has 0 radical (unpaired) electrons. The van der Waals surface area contributed by atoms with Gasteiger partial charge in [-0.15, -0.1) is 0 Å². The highest BCUT2D eigenvalue weighted by molar-refractivity contribution is 7.90. The van der Waals surface area contributed by atoms with Crippen molar-refractivity contribution in [3.8, 4) is 0 Å². The number of H-pyrrole nitrogens is 1. The number of amides is 12. The third kappa shape index (κ3) is 25.2. The molecule has 5 aromatic carbocycles. The molecule has 0 spiro atoms. The topological polar surface area (TPSA) is 433 Å². The lowest BCUT2D eigenvalue weighted by Gasteiger charge is -2.34. The average Bonchev–Trinajstić information content (AvgIpc) is 1.55. The molecule has 10 atom stereocenters. The SMILES string of the molecule is CC[C@H](NC(=O)[C@H](Cc1ccc(Cl)cc1)N(C)C(=O)[C@H](Cc1cccc(Cl)c1)NC(=O)[C@H](Cc1c[nH]c2ccccc12)NC(=O)NC(=O)[C@H](CO)N(C)C(Cc1cccc(Cl)c1)NC(C)=O)C(=O)N[C@@H](Cc1cccc(Cl)c1)C(=O)NC(C(=O)N[C@@H](CO)C(=O)NCCCS(C)(=O)=O)C(=O)N1CCC[C@H]1C(=O)O. The number of aliphatic hydroxyl groups is 2. The normalized spacial score (nSPS) is 15.3. The number of hydrogen-bond acceptors (Lipinski definition) is 17. The maximum Gasteiger partial charge on any atom is 0.326 e. The summed E-state index contributed by atoms with van der Waals surface area (Å²) in [6.07, 6.45) is 0.471. The number of likely N-dealkylation sites (tertiary alicyclic amines) is 1. The molecule has 0 saturated carbocycles. The number of hydrogen-bond donors (Lipinski definition) is 13. The van der Waals surface area contributed by atoms with Gasteiger partial charge in [0.15, 0.2) is 6.04 Å². The summed E-state index contributed by atoms with van der Waals surface area (Å²) >= 11 is 25.4. The number of sulfone groups is 1. The number of nitrogens with zero attached hydrogens (tertiary/aromatic N) is 3. The molecular weight excluding hydrogens is 1500 g/mol. The first-order valence-electron chi connectivity index (χ1n) is 34.4. The highest BCUT2D eigenvalue weighted by Crippen LogP contribution is 2.24. The third-order valence-electron chi connectivity index (χ3n) is 17.9. The number of rotatable bonds is 37. The minimum atomic E-state index is -3.44. The van der Waals surface area contributed by atoms with Crippen LogP contribution in [-0.2, 0) is 94.7 Å². The van der Waals surface area contributed by atoms with Crippen LogP contribution in [0.15, 0.2) is 128 Å². The molecule has 0 aliphatic carbocycles. The zero-order valence-corrected chi connectivity index (χ0v) is 63.5. The van der Waals surface area contributed by atoms with Crippen LogP contribution < -0.4 is 47.9 Å². The van der Waals surface area contributed by atoms with E-state index < -0.39 is 161 Å². The van der Waals surface area contributed by atoms with E-state index in [-0.39, 0.29) is 80.3 Å². The molecule has 1 aliphatic rings. The molecule has 35 heteroatoms. The summed E-state index contributed by atoms with van der Waals surface area (Å²) < 4.78 is 23.4. The van der Waals surface area contributed by atoms with Crippen LogP contribution in [0.5, 0.6) is 0 Å². The zero-order chi connectivity index (χ0) is 79.1. The number of aliphatic hydroxyl groups excluding tert-OH is 2. The number of fused-ring (bicyclic) bond motifs is 1. The fourth-order valence-corrected chi connectivity index (χ4v) is 13.7. The number of aliphatic carboxylic acids is 1. The number of likely N-dealkylation sites (N-methyl/N-ethyl adjacent to an activating group) is 2. The summed E-state index contributed by atoms with van der Waals surface area (Å²) in [5.74, 6) is -11.9. The smallest absolute Gasteiger partial charge is 0.326 e. The van der Waals surface area contributed by atoms with E-state index in [2.05, 4.69) is 52.8 Å². The molecule has 1 aromatic heterocycles. The molecule has 580 valence electrons. The lowest BCUT2D eigenvalue weighted by molar-refractivity contribution is -0.151. The van der Waals surface area contributed by atoms with Crippen LogP contribution in [0.1, 0.15) is 67.3 Å². The van der Waals surface area contributed by atoms with Gasteiger partial charge in [-0.3, -0.25) is 58.2 Å². The Morgan fingerprint density at radius 3 is 1.70 bits per heavy atom. The Bertz CT molecular complexity index is 4370. The summed E-state index contributed by atoms with van der Waals surface area (Å²) in [4.78, 5) is 177. The van der Waals surface area contributed by atoms with Crippen molar-refractivity contribution in [2.24, 2.45) is 0 Å². The van der Waals surface area contributed by atoms with Crippen LogP contribution >= 0.6 is 46.4 Å². The third-order valence-corrected chi connectivity index (χ3v) is 19.9. The molecule has 108 heavy (non-hydrogen) atoms. The predicted molar refractivity (Wildman–Crippen MR) is 403 cm³/mol. The van der Waals surface area contributed by atoms with Gasteiger partial charge in [0.2, 0.25) is 47.3 Å². The predicted octanol–water partition coefficient (Wildman–Crippen LogP) is 2.52. The van der Waals surface area contributed by atoms with Gasteiger partial charge in [0.25, 0.3) is 11.8 Å². The quantitative estimate of drug-likeness (QED) is 0.0151. The van der Waals surface area contributed by atoms with E-state index in [1.54, 1.807) is 91.1 Å². The van der Waals surface area contributed by atoms with Crippen molar-refractivity contribution in [1.82, 2.24) is 67.5 Å². The molecular formula is C73H87Cl4N13O17S. The summed E-state index contributed by atoms with van der Waals surface area (Å²) in [5.41, 5.74) is 3.03. The van der Waals surface area contributed by atoms with Gasteiger partial charge in [0.05, 0.1) is 25.1 Å². The Hall–Kier alpha value is -9.73. The zero-order valence-electron chi connectivity index (χ0n) is 59.6. The number of para-hydroxylation sites is 1. The van der Waals surface area contributed by atoms with Crippen molar-refractivity contribution in [3.05, 3.63) is 175 Å². The number of imide groups is 1. The van der Waals surface area contributed by atoms with E-state index in [1.807, 2.05) is 0 Å². The number of aromatic nitrogens is 1. The lowest BCUT2D eigenvalue weighted by atomic mass is 9.99. The van der Waals surface area contributed by atoms with E-state index in [4.69, 9.17) is 46.4 Å². The Labute approximate surface area is 643 Å². The molecule has 7 rings (SSSR count). The first-order valence-corrected chi connectivity index (χ1v) is 38.0. The number of urea groups is 1. The highest BCUT2D eigenvalue weighted by Gasteiger charge is 2.43. The van der Waals surface area contributed by atoms with Crippen molar-refractivity contribution in [3.63, 3.8) is 0 Å². The maximum atomic E-state index is 15.6. The number of carbonyl (C=O) groups is 12. The molecule has 30 nitrogen and oxygen atoms in total. The monoisotopic (exact) mass is 1590 g/mol. The van der Waals surface area contributed by atoms with Gasteiger partial charge in [-0.2, -0.15) is 0 Å². The van der Waals surface area contributed by atoms with Gasteiger partial charge in [0.1, 0.15) is 58.2 Å². The number of carboxylic acids is 1. The maximum absolute atomic E-state index is 15.6. The van der Waals surface area contributed by atoms with Gasteiger partial charge in [-0.1, -0.05) is 120 Å². The van der Waals surface area contributed by atoms with Crippen LogP contribution in [0.3, 0.4) is 0 Å². The first-order chi connectivity index (χ1) is 51.3. The van der Waals surface area contributed by atoms with E-state index in [9.17, 15) is 66.9 Å². The molecule has 1 fully saturated rings. The van der Waals surface area contributed by atoms with Crippen molar-refractivity contribution < 1.29 is 81.3 Å². The Morgan fingerprint density at radius 2 is 1.13 bits per heavy atom. The lowest BCUT2D eigenvalue weighted by Crippen LogP contribution is -2.64. The average molecular weight is 1590 g/mol. The van der Waals surface area contributed by atoms with Crippen molar-refractivity contribution in [1.29, 1.82) is 0 Å². The van der Waals surface area contributed by atoms with Crippen LogP contribution in [0, 0.1) is 0 Å². The minimum absolute atomic E-state index is 0.0361. The minimum Gasteiger partial charge on any atom is -0.480 e. The molecule has 12 amide bonds. The summed E-state index contributed by atoms with van der Waals surface area (Å²) in [6.45, 7) is 0.474. The number of nitrogens with one attached hydrogen (secondary N) is 10. The van der Waals surface area contributed by atoms with E-state index in [0.29, 0.717) is 48.8 Å². The summed E-state index contributed by atoms with van der Waals surface area (Å²) in [7, 11) is -0.709. The highest BCUT2D eigenvalue weighted by atomic mass is 35.5. The number of carbonyl (C=O) groups excluding carboxylic acids is 11. The fraction of sp³-hybridized carbons (Fsp3) is 0.397. The molecule has 0 bridgehead atoms. The van der Waals surface area contributed by atoms with Crippen molar-refractivity contribution in [2.75, 3.05) is 52.4 Å². The van der Waals surface area contributed by atoms with E-state index >= 15 is 14.4 Å². The first kappa shape index (κ1) is 85.5. The van der Waals surface area contributed by atoms with Gasteiger partial charge >= 0.3 is 12.0 Å². The van der Waals surface area contributed by atoms with Crippen LogP contribution in [0.25, 0.3) is 10.9 Å². The van der Waals surface area contributed by atoms with Crippen LogP contribution in [0.4, 0.5) is 4.79 Å². The Kier molecular flexibility index (Phi) is 32.0. The van der Waals surface area contributed by atoms with Gasteiger partial charge in [0, 0.05) is 103 Å². The standard InChI is InChI=1S/C73H87Cl4N13O17S/c1-6-52(64(95)82-54(33-43-14-9-17-48(75)30-43)66(97)86-62(71(102)90-28-12-22-58(90)72(103)104)69(100)84-57(39-91)63(94)78-27-13-29-108(5,106)107)81-67(98)59(35-42-23-25-47(74)26-24-42)89(4)70(101)56(34-44-15-10-18-49(76)31-44)83-65(96)55(37-46-38-79-53-21-8-7-20-51(46)53)85-73(105)87-68(99)60(40-92)88(3)61(80-41(2)93)36-45-16-11-19-50(77)32-45/h7-11,14-21,23-26,30-32,38,52,54-62,79,91-92H,6,12-13,22,27-29,33-37,39-40H2,1-5H3,(H,78,94)(H,80,93)(H,81,98)(H,82,95)(H,83,96)(H,84,100)(H,86,97)(H,103,104)(H2,85,87,99,105)/t52-,54-,55-,56-,57-,58-,59-,60-,61?,62?/m0/s1. The number of aromatic amines is 1. The molecule has 1 saturated heterocycles. The Balaban J connectivity index is 1.18. The Morgan fingerprint density at radius 1 is 0.574 bits per heavy atom.